The van der Waals surface area contributed by atoms with Gasteiger partial charge in [0.2, 0.25) is 0 Å². The summed E-state index contributed by atoms with van der Waals surface area (Å²) >= 11 is 0. The van der Waals surface area contributed by atoms with Crippen LogP contribution in [0.25, 0.3) is 11.4 Å². The average Bonchev–Trinajstić information content (AvgIpc) is 2.72. The van der Waals surface area contributed by atoms with E-state index in [0.29, 0.717) is 13.2 Å². The molecule has 1 heterocycles. The highest BCUT2D eigenvalue weighted by atomic mass is 16.5. The lowest BCUT2D eigenvalue weighted by Crippen LogP contribution is -1.98. The van der Waals surface area contributed by atoms with Crippen LogP contribution in [-0.2, 0) is 13.6 Å². The van der Waals surface area contributed by atoms with Crippen LogP contribution in [0.2, 0.25) is 0 Å². The van der Waals surface area contributed by atoms with Crippen molar-refractivity contribution in [2.45, 2.75) is 13.5 Å². The number of ether oxygens (including phenoxy) is 1. The molecule has 0 fully saturated rings. The van der Waals surface area contributed by atoms with E-state index in [9.17, 15) is 0 Å². The fourth-order valence-corrected chi connectivity index (χ4v) is 1.81. The van der Waals surface area contributed by atoms with Crippen molar-refractivity contribution < 1.29 is 4.74 Å². The van der Waals surface area contributed by atoms with Crippen LogP contribution in [0, 0.1) is 0 Å². The first-order valence-corrected chi connectivity index (χ1v) is 5.70. The Hall–Kier alpha value is -1.81. The third-order valence-corrected chi connectivity index (χ3v) is 2.56. The maximum Gasteiger partial charge on any atom is 0.143 e. The van der Waals surface area contributed by atoms with Gasteiger partial charge in [0.05, 0.1) is 17.9 Å². The van der Waals surface area contributed by atoms with Crippen molar-refractivity contribution in [1.82, 2.24) is 9.55 Å². The zero-order chi connectivity index (χ0) is 12.3. The lowest BCUT2D eigenvalue weighted by atomic mass is 10.2. The Bertz CT molecular complexity index is 505. The van der Waals surface area contributed by atoms with E-state index in [0.717, 1.165) is 22.8 Å². The molecule has 0 aliphatic carbocycles. The van der Waals surface area contributed by atoms with Gasteiger partial charge in [0.15, 0.2) is 0 Å². The molecule has 1 aromatic carbocycles. The molecule has 1 aromatic heterocycles. The minimum absolute atomic E-state index is 0.449. The van der Waals surface area contributed by atoms with Crippen molar-refractivity contribution in [3.05, 3.63) is 36.2 Å². The molecule has 0 bridgehead atoms. The molecule has 0 radical (unpaired) electrons. The maximum atomic E-state index is 5.60. The van der Waals surface area contributed by atoms with Gasteiger partial charge in [-0.3, -0.25) is 0 Å². The third kappa shape index (κ3) is 2.31. The van der Waals surface area contributed by atoms with Gasteiger partial charge in [0.25, 0.3) is 0 Å². The number of hydrogen-bond acceptors (Lipinski definition) is 3. The number of imidazole rings is 1. The van der Waals surface area contributed by atoms with E-state index in [1.807, 2.05) is 49.0 Å². The largest absolute Gasteiger partial charge is 0.493 e. The molecule has 0 saturated heterocycles. The molecule has 0 aliphatic rings. The van der Waals surface area contributed by atoms with E-state index in [1.165, 1.54) is 0 Å². The molecule has 4 nitrogen and oxygen atoms in total. The second-order valence-electron chi connectivity index (χ2n) is 3.80. The van der Waals surface area contributed by atoms with Crippen LogP contribution < -0.4 is 10.5 Å². The summed E-state index contributed by atoms with van der Waals surface area (Å²) in [5.74, 6) is 1.74. The summed E-state index contributed by atoms with van der Waals surface area (Å²) < 4.78 is 7.58. The van der Waals surface area contributed by atoms with Crippen LogP contribution in [0.3, 0.4) is 0 Å². The standard InChI is InChI=1S/C13H17N3O/c1-3-17-12-7-5-4-6-11(12)13-15-10(8-14)9-16(13)2/h4-7,9H,3,8,14H2,1-2H3. The van der Waals surface area contributed by atoms with E-state index >= 15 is 0 Å². The lowest BCUT2D eigenvalue weighted by molar-refractivity contribution is 0.341. The van der Waals surface area contributed by atoms with Crippen LogP contribution in [0.5, 0.6) is 5.75 Å². The van der Waals surface area contributed by atoms with Crippen LogP contribution in [0.4, 0.5) is 0 Å². The fourth-order valence-electron chi connectivity index (χ4n) is 1.81. The van der Waals surface area contributed by atoms with Gasteiger partial charge in [0, 0.05) is 19.8 Å². The van der Waals surface area contributed by atoms with Crippen LogP contribution in [-0.4, -0.2) is 16.2 Å². The summed E-state index contributed by atoms with van der Waals surface area (Å²) in [5, 5.41) is 0. The highest BCUT2D eigenvalue weighted by molar-refractivity contribution is 5.64. The van der Waals surface area contributed by atoms with Crippen LogP contribution in [0.1, 0.15) is 12.6 Å². The van der Waals surface area contributed by atoms with Crippen molar-refractivity contribution >= 4 is 0 Å². The number of para-hydroxylation sites is 1. The molecule has 2 N–H and O–H groups in total. The summed E-state index contributed by atoms with van der Waals surface area (Å²) in [4.78, 5) is 4.50. The van der Waals surface area contributed by atoms with Crippen molar-refractivity contribution in [3.63, 3.8) is 0 Å². The Morgan fingerprint density at radius 1 is 1.35 bits per heavy atom. The Morgan fingerprint density at radius 2 is 2.12 bits per heavy atom. The summed E-state index contributed by atoms with van der Waals surface area (Å²) in [7, 11) is 1.96. The third-order valence-electron chi connectivity index (χ3n) is 2.56. The fraction of sp³-hybridized carbons (Fsp3) is 0.308. The Morgan fingerprint density at radius 3 is 2.76 bits per heavy atom. The summed E-state index contributed by atoms with van der Waals surface area (Å²) in [5.41, 5.74) is 7.48. The number of nitrogens with two attached hydrogens (primary N) is 1. The van der Waals surface area contributed by atoms with Gasteiger partial charge >= 0.3 is 0 Å². The van der Waals surface area contributed by atoms with Gasteiger partial charge in [-0.25, -0.2) is 4.98 Å². The topological polar surface area (TPSA) is 53.1 Å². The van der Waals surface area contributed by atoms with Crippen molar-refractivity contribution in [2.24, 2.45) is 12.8 Å². The molecule has 0 spiro atoms. The van der Waals surface area contributed by atoms with Crippen LogP contribution >= 0.6 is 0 Å². The summed E-state index contributed by atoms with van der Waals surface area (Å²) in [6.07, 6.45) is 1.94. The van der Waals surface area contributed by atoms with Gasteiger partial charge in [-0.2, -0.15) is 0 Å². The summed E-state index contributed by atoms with van der Waals surface area (Å²) in [6.45, 7) is 3.07. The quantitative estimate of drug-likeness (QED) is 0.875. The Labute approximate surface area is 101 Å². The van der Waals surface area contributed by atoms with E-state index < -0.39 is 0 Å². The van der Waals surface area contributed by atoms with Crippen molar-refractivity contribution in [1.29, 1.82) is 0 Å². The second-order valence-corrected chi connectivity index (χ2v) is 3.80. The maximum absolute atomic E-state index is 5.60. The first-order valence-electron chi connectivity index (χ1n) is 5.70. The number of aromatic nitrogens is 2. The van der Waals surface area contributed by atoms with Crippen molar-refractivity contribution in [2.75, 3.05) is 6.61 Å². The normalized spacial score (nSPS) is 10.5. The van der Waals surface area contributed by atoms with Gasteiger partial charge in [0.1, 0.15) is 11.6 Å². The molecule has 2 rings (SSSR count). The average molecular weight is 231 g/mol. The first-order chi connectivity index (χ1) is 8.26. The van der Waals surface area contributed by atoms with E-state index in [1.54, 1.807) is 0 Å². The Balaban J connectivity index is 2.47. The molecular formula is C13H17N3O. The molecule has 0 atom stereocenters. The minimum atomic E-state index is 0.449. The molecule has 0 unspecified atom stereocenters. The number of rotatable bonds is 4. The summed E-state index contributed by atoms with van der Waals surface area (Å²) in [6, 6.07) is 7.90. The highest BCUT2D eigenvalue weighted by Gasteiger charge is 2.11. The van der Waals surface area contributed by atoms with E-state index in [-0.39, 0.29) is 0 Å². The molecule has 4 heteroatoms. The molecule has 0 amide bonds. The minimum Gasteiger partial charge on any atom is -0.493 e. The number of hydrogen-bond donors (Lipinski definition) is 1. The predicted molar refractivity (Wildman–Crippen MR) is 67.7 cm³/mol. The van der Waals surface area contributed by atoms with E-state index in [4.69, 9.17) is 10.5 Å². The zero-order valence-corrected chi connectivity index (χ0v) is 10.2. The highest BCUT2D eigenvalue weighted by Crippen LogP contribution is 2.28. The molecule has 0 saturated carbocycles. The monoisotopic (exact) mass is 231 g/mol. The molecule has 0 aliphatic heterocycles. The molecule has 2 aromatic rings. The van der Waals surface area contributed by atoms with Gasteiger partial charge < -0.3 is 15.0 Å². The number of aryl methyl sites for hydroxylation is 1. The number of nitrogens with zero attached hydrogens (tertiary/aromatic N) is 2. The Kier molecular flexibility index (Phi) is 3.44. The predicted octanol–water partition coefficient (Wildman–Crippen LogP) is 1.94. The molecular weight excluding hydrogens is 214 g/mol. The van der Waals surface area contributed by atoms with Gasteiger partial charge in [-0.1, -0.05) is 12.1 Å². The SMILES string of the molecule is CCOc1ccccc1-c1nc(CN)cn1C. The smallest absolute Gasteiger partial charge is 0.143 e. The zero-order valence-electron chi connectivity index (χ0n) is 10.2. The first kappa shape index (κ1) is 11.7. The molecule has 90 valence electrons. The number of benzene rings is 1. The van der Waals surface area contributed by atoms with Gasteiger partial charge in [-0.05, 0) is 19.1 Å². The lowest BCUT2D eigenvalue weighted by Gasteiger charge is -2.09. The molecule has 17 heavy (non-hydrogen) atoms. The van der Waals surface area contributed by atoms with Crippen LogP contribution in [0.15, 0.2) is 30.5 Å². The van der Waals surface area contributed by atoms with E-state index in [2.05, 4.69) is 4.98 Å². The van der Waals surface area contributed by atoms with Crippen molar-refractivity contribution in [3.8, 4) is 17.1 Å². The van der Waals surface area contributed by atoms with Gasteiger partial charge in [-0.15, -0.1) is 0 Å². The second kappa shape index (κ2) is 5.01.